The number of hydrogen-bond acceptors (Lipinski definition) is 6. The molecule has 0 saturated heterocycles. The summed E-state index contributed by atoms with van der Waals surface area (Å²) in [6.45, 7) is 1.81. The van der Waals surface area contributed by atoms with Crippen LogP contribution in [0.3, 0.4) is 0 Å². The van der Waals surface area contributed by atoms with E-state index < -0.39 is 0 Å². The van der Waals surface area contributed by atoms with Crippen molar-refractivity contribution in [1.29, 1.82) is 0 Å². The molecule has 96 valence electrons. The second kappa shape index (κ2) is 4.85. The average molecular weight is 273 g/mol. The first-order valence-electron chi connectivity index (χ1n) is 5.68. The lowest BCUT2D eigenvalue weighted by Crippen LogP contribution is -2.00. The molecule has 0 fully saturated rings. The van der Waals surface area contributed by atoms with Crippen LogP contribution in [0.1, 0.15) is 5.69 Å². The summed E-state index contributed by atoms with van der Waals surface area (Å²) in [5, 5.41) is 18.6. The fraction of sp³-hybridized carbons (Fsp3) is 0.167. The number of benzene rings is 1. The monoisotopic (exact) mass is 273 g/mol. The van der Waals surface area contributed by atoms with E-state index in [1.54, 1.807) is 4.80 Å². The number of hydrogen-bond donors (Lipinski definition) is 1. The van der Waals surface area contributed by atoms with Crippen LogP contribution >= 0.6 is 11.8 Å². The van der Waals surface area contributed by atoms with Crippen LogP contribution in [0, 0.1) is 6.92 Å². The molecule has 7 heteroatoms. The van der Waals surface area contributed by atoms with E-state index >= 15 is 0 Å². The predicted octanol–water partition coefficient (Wildman–Crippen LogP) is 1.99. The molecule has 3 aromatic rings. The fourth-order valence-electron chi connectivity index (χ4n) is 1.67. The zero-order chi connectivity index (χ0) is 13.2. The summed E-state index contributed by atoms with van der Waals surface area (Å²) >= 11 is 1.37. The average Bonchev–Trinajstić information content (AvgIpc) is 2.78. The Bertz CT molecular complexity index is 674. The lowest BCUT2D eigenvalue weighted by atomic mass is 10.3. The summed E-state index contributed by atoms with van der Waals surface area (Å²) < 4.78 is 0. The van der Waals surface area contributed by atoms with E-state index in [2.05, 4.69) is 20.2 Å². The van der Waals surface area contributed by atoms with Crippen LogP contribution in [0.15, 0.2) is 35.5 Å². The molecule has 19 heavy (non-hydrogen) atoms. The summed E-state index contributed by atoms with van der Waals surface area (Å²) in [5.41, 5.74) is 2.45. The highest BCUT2D eigenvalue weighted by Gasteiger charge is 2.05. The molecule has 0 bridgehead atoms. The van der Waals surface area contributed by atoms with Gasteiger partial charge in [0.25, 0.3) is 0 Å². The quantitative estimate of drug-likeness (QED) is 0.581. The van der Waals surface area contributed by atoms with Crippen molar-refractivity contribution in [1.82, 2.24) is 25.0 Å². The van der Waals surface area contributed by atoms with E-state index in [0.29, 0.717) is 11.0 Å². The molecule has 6 nitrogen and oxygen atoms in total. The molecule has 0 aliphatic rings. The zero-order valence-electron chi connectivity index (χ0n) is 10.2. The Kier molecular flexibility index (Phi) is 3.04. The Labute approximate surface area is 113 Å². The number of thioether (sulfide) groups is 1. The summed E-state index contributed by atoms with van der Waals surface area (Å²) in [5.74, 6) is 0.478. The van der Waals surface area contributed by atoms with Crippen LogP contribution < -0.4 is 0 Å². The summed E-state index contributed by atoms with van der Waals surface area (Å²) in [7, 11) is 0. The number of aryl methyl sites for hydroxylation is 1. The van der Waals surface area contributed by atoms with Gasteiger partial charge in [-0.05, 0) is 19.1 Å². The zero-order valence-corrected chi connectivity index (χ0v) is 11.0. The fourth-order valence-corrected chi connectivity index (χ4v) is 2.38. The topological polar surface area (TPSA) is 76.7 Å². The lowest BCUT2D eigenvalue weighted by molar-refractivity contribution is 0.444. The molecule has 0 spiro atoms. The van der Waals surface area contributed by atoms with Gasteiger partial charge in [-0.1, -0.05) is 23.9 Å². The Morgan fingerprint density at radius 2 is 1.84 bits per heavy atom. The molecule has 1 N–H and O–H groups in total. The second-order valence-corrected chi connectivity index (χ2v) is 4.90. The molecular weight excluding hydrogens is 262 g/mol. The van der Waals surface area contributed by atoms with E-state index in [1.807, 2.05) is 31.2 Å². The third kappa shape index (κ3) is 2.65. The van der Waals surface area contributed by atoms with Gasteiger partial charge < -0.3 is 5.11 Å². The van der Waals surface area contributed by atoms with Gasteiger partial charge in [0.05, 0.1) is 0 Å². The molecule has 0 saturated carbocycles. The third-order valence-corrected chi connectivity index (χ3v) is 3.26. The third-order valence-electron chi connectivity index (χ3n) is 2.46. The SMILES string of the molecule is Cc1cc(O)nc(SCn2nc3ccccc3n2)n1. The van der Waals surface area contributed by atoms with Gasteiger partial charge in [0.1, 0.15) is 16.9 Å². The molecule has 0 amide bonds. The van der Waals surface area contributed by atoms with Gasteiger partial charge in [0.15, 0.2) is 5.16 Å². The summed E-state index contributed by atoms with van der Waals surface area (Å²) in [6.07, 6.45) is 0. The highest BCUT2D eigenvalue weighted by Crippen LogP contribution is 2.18. The summed E-state index contributed by atoms with van der Waals surface area (Å²) in [6, 6.07) is 9.20. The molecule has 2 heterocycles. The molecule has 0 aliphatic carbocycles. The van der Waals surface area contributed by atoms with Crippen molar-refractivity contribution in [2.24, 2.45) is 0 Å². The molecule has 0 unspecified atom stereocenters. The highest BCUT2D eigenvalue weighted by atomic mass is 32.2. The number of aromatic hydroxyl groups is 1. The Morgan fingerprint density at radius 1 is 1.16 bits per heavy atom. The number of nitrogens with zero attached hydrogens (tertiary/aromatic N) is 5. The van der Waals surface area contributed by atoms with E-state index in [-0.39, 0.29) is 5.88 Å². The van der Waals surface area contributed by atoms with Crippen LogP contribution in [0.2, 0.25) is 0 Å². The number of aromatic nitrogens is 5. The number of rotatable bonds is 3. The molecular formula is C12H11N5OS. The van der Waals surface area contributed by atoms with Gasteiger partial charge in [-0.3, -0.25) is 0 Å². The second-order valence-electron chi connectivity index (χ2n) is 3.98. The van der Waals surface area contributed by atoms with Crippen LogP contribution in [-0.4, -0.2) is 30.1 Å². The lowest BCUT2D eigenvalue weighted by Gasteiger charge is -2.01. The standard InChI is InChI=1S/C12H11N5OS/c1-8-6-11(18)14-12(13-8)19-7-17-15-9-4-2-3-5-10(9)16-17/h2-6H,7H2,1H3,(H,13,14,18). The molecule has 0 aliphatic heterocycles. The van der Waals surface area contributed by atoms with Crippen molar-refractivity contribution >= 4 is 22.8 Å². The van der Waals surface area contributed by atoms with Gasteiger partial charge in [0, 0.05) is 11.8 Å². The number of fused-ring (bicyclic) bond motifs is 1. The van der Waals surface area contributed by atoms with Crippen LogP contribution in [0.4, 0.5) is 0 Å². The van der Waals surface area contributed by atoms with Crippen molar-refractivity contribution in [3.05, 3.63) is 36.0 Å². The molecule has 0 atom stereocenters. The van der Waals surface area contributed by atoms with Crippen molar-refractivity contribution < 1.29 is 5.11 Å². The van der Waals surface area contributed by atoms with E-state index in [9.17, 15) is 5.11 Å². The minimum Gasteiger partial charge on any atom is -0.493 e. The molecule has 0 radical (unpaired) electrons. The normalized spacial score (nSPS) is 11.0. The maximum absolute atomic E-state index is 9.40. The van der Waals surface area contributed by atoms with Gasteiger partial charge >= 0.3 is 0 Å². The van der Waals surface area contributed by atoms with Crippen molar-refractivity contribution in [2.75, 3.05) is 0 Å². The van der Waals surface area contributed by atoms with E-state index in [0.717, 1.165) is 16.7 Å². The van der Waals surface area contributed by atoms with Gasteiger partial charge in [-0.25, -0.2) is 4.98 Å². The minimum absolute atomic E-state index is 0.0198. The first-order chi connectivity index (χ1) is 9.20. The maximum atomic E-state index is 9.40. The van der Waals surface area contributed by atoms with Crippen molar-refractivity contribution in [2.45, 2.75) is 18.0 Å². The highest BCUT2D eigenvalue weighted by molar-refractivity contribution is 7.98. The Balaban J connectivity index is 1.78. The van der Waals surface area contributed by atoms with Gasteiger partial charge in [0.2, 0.25) is 5.88 Å². The molecule has 2 aromatic heterocycles. The van der Waals surface area contributed by atoms with Gasteiger partial charge in [-0.2, -0.15) is 20.0 Å². The Morgan fingerprint density at radius 3 is 2.47 bits per heavy atom. The van der Waals surface area contributed by atoms with Gasteiger partial charge in [-0.15, -0.1) is 0 Å². The maximum Gasteiger partial charge on any atom is 0.215 e. The minimum atomic E-state index is -0.0198. The van der Waals surface area contributed by atoms with Crippen molar-refractivity contribution in [3.8, 4) is 5.88 Å². The van der Waals surface area contributed by atoms with Crippen LogP contribution in [0.5, 0.6) is 5.88 Å². The first-order valence-corrected chi connectivity index (χ1v) is 6.66. The van der Waals surface area contributed by atoms with E-state index in [1.165, 1.54) is 17.8 Å². The molecule has 1 aromatic carbocycles. The largest absolute Gasteiger partial charge is 0.493 e. The van der Waals surface area contributed by atoms with Crippen LogP contribution in [0.25, 0.3) is 11.0 Å². The Hall–Kier alpha value is -2.15. The first kappa shape index (κ1) is 11.9. The smallest absolute Gasteiger partial charge is 0.215 e. The van der Waals surface area contributed by atoms with E-state index in [4.69, 9.17) is 0 Å². The molecule has 3 rings (SSSR count). The predicted molar refractivity (Wildman–Crippen MR) is 71.8 cm³/mol. The van der Waals surface area contributed by atoms with Crippen LogP contribution in [-0.2, 0) is 5.88 Å². The summed E-state index contributed by atoms with van der Waals surface area (Å²) in [4.78, 5) is 9.76. The van der Waals surface area contributed by atoms with Crippen molar-refractivity contribution in [3.63, 3.8) is 0 Å².